The minimum absolute atomic E-state index is 0.760. The van der Waals surface area contributed by atoms with Crippen molar-refractivity contribution in [3.05, 3.63) is 17.8 Å². The molecule has 0 amide bonds. The molecule has 90 valence electrons. The molecule has 1 saturated carbocycles. The van der Waals surface area contributed by atoms with E-state index in [2.05, 4.69) is 10.3 Å². The van der Waals surface area contributed by atoms with Gasteiger partial charge in [-0.1, -0.05) is 0 Å². The van der Waals surface area contributed by atoms with E-state index in [1.807, 2.05) is 6.20 Å². The van der Waals surface area contributed by atoms with Gasteiger partial charge in [0.05, 0.1) is 6.20 Å². The number of aromatic nitrogens is 1. The molecular formula is C12H20N2O2. The Labute approximate surface area is 96.4 Å². The summed E-state index contributed by atoms with van der Waals surface area (Å²) in [6, 6.07) is 0.760. The Balaban J connectivity index is 1.64. The molecule has 2 rings (SSSR count). The molecule has 16 heavy (non-hydrogen) atoms. The van der Waals surface area contributed by atoms with Crippen molar-refractivity contribution in [2.75, 3.05) is 20.3 Å². The quantitative estimate of drug-likeness (QED) is 0.681. The fourth-order valence-electron chi connectivity index (χ4n) is 1.64. The molecular weight excluding hydrogens is 204 g/mol. The zero-order valence-corrected chi connectivity index (χ0v) is 9.87. The summed E-state index contributed by atoms with van der Waals surface area (Å²) in [5.41, 5.74) is 0. The van der Waals surface area contributed by atoms with Crippen molar-refractivity contribution in [2.24, 2.45) is 0 Å². The van der Waals surface area contributed by atoms with Gasteiger partial charge in [-0.25, -0.2) is 4.98 Å². The van der Waals surface area contributed by atoms with Gasteiger partial charge in [0.2, 0.25) is 0 Å². The maximum atomic E-state index is 5.63. The SMILES string of the molecule is COCCCc1cnc(CCNC2CC2)o1. The highest BCUT2D eigenvalue weighted by Crippen LogP contribution is 2.18. The molecule has 1 aromatic heterocycles. The number of hydrogen-bond acceptors (Lipinski definition) is 4. The first-order valence-electron chi connectivity index (χ1n) is 6.04. The number of nitrogens with one attached hydrogen (secondary N) is 1. The van der Waals surface area contributed by atoms with Crippen LogP contribution in [0, 0.1) is 0 Å². The van der Waals surface area contributed by atoms with Gasteiger partial charge in [0.1, 0.15) is 5.76 Å². The third-order valence-electron chi connectivity index (χ3n) is 2.72. The van der Waals surface area contributed by atoms with Gasteiger partial charge in [0, 0.05) is 39.1 Å². The van der Waals surface area contributed by atoms with E-state index in [0.29, 0.717) is 0 Å². The number of oxazole rings is 1. The van der Waals surface area contributed by atoms with Crippen LogP contribution in [0.5, 0.6) is 0 Å². The van der Waals surface area contributed by atoms with E-state index >= 15 is 0 Å². The van der Waals surface area contributed by atoms with Crippen molar-refractivity contribution in [3.8, 4) is 0 Å². The Morgan fingerprint density at radius 1 is 1.50 bits per heavy atom. The van der Waals surface area contributed by atoms with E-state index < -0.39 is 0 Å². The van der Waals surface area contributed by atoms with Crippen LogP contribution in [0.3, 0.4) is 0 Å². The maximum absolute atomic E-state index is 5.63. The van der Waals surface area contributed by atoms with Crippen LogP contribution >= 0.6 is 0 Å². The van der Waals surface area contributed by atoms with Crippen LogP contribution in [-0.2, 0) is 17.6 Å². The Bertz CT molecular complexity index is 308. The third kappa shape index (κ3) is 3.94. The fourth-order valence-corrected chi connectivity index (χ4v) is 1.64. The lowest BCUT2D eigenvalue weighted by Gasteiger charge is -1.99. The standard InChI is InChI=1S/C12H20N2O2/c1-15-8-2-3-11-9-14-12(16-11)6-7-13-10-4-5-10/h9-10,13H,2-8H2,1H3. The molecule has 0 saturated heterocycles. The van der Waals surface area contributed by atoms with Crippen molar-refractivity contribution < 1.29 is 9.15 Å². The number of methoxy groups -OCH3 is 1. The van der Waals surface area contributed by atoms with Crippen LogP contribution in [0.4, 0.5) is 0 Å². The maximum Gasteiger partial charge on any atom is 0.195 e. The molecule has 0 unspecified atom stereocenters. The number of rotatable bonds is 8. The molecule has 4 nitrogen and oxygen atoms in total. The summed E-state index contributed by atoms with van der Waals surface area (Å²) in [5.74, 6) is 1.82. The molecule has 0 bridgehead atoms. The van der Waals surface area contributed by atoms with Gasteiger partial charge in [0.15, 0.2) is 5.89 Å². The van der Waals surface area contributed by atoms with Crippen molar-refractivity contribution in [1.29, 1.82) is 0 Å². The molecule has 0 aliphatic heterocycles. The van der Waals surface area contributed by atoms with E-state index in [9.17, 15) is 0 Å². The highest BCUT2D eigenvalue weighted by molar-refractivity contribution is 4.95. The largest absolute Gasteiger partial charge is 0.446 e. The summed E-state index contributed by atoms with van der Waals surface area (Å²) >= 11 is 0. The Morgan fingerprint density at radius 3 is 3.12 bits per heavy atom. The van der Waals surface area contributed by atoms with Gasteiger partial charge in [0.25, 0.3) is 0 Å². The Kier molecular flexibility index (Phi) is 4.36. The van der Waals surface area contributed by atoms with Crippen molar-refractivity contribution >= 4 is 0 Å². The van der Waals surface area contributed by atoms with Gasteiger partial charge >= 0.3 is 0 Å². The Hall–Kier alpha value is -0.870. The first-order chi connectivity index (χ1) is 7.88. The molecule has 4 heteroatoms. The van der Waals surface area contributed by atoms with E-state index in [1.165, 1.54) is 12.8 Å². The lowest BCUT2D eigenvalue weighted by atomic mass is 10.3. The monoisotopic (exact) mass is 224 g/mol. The molecule has 0 aromatic carbocycles. The van der Waals surface area contributed by atoms with E-state index in [-0.39, 0.29) is 0 Å². The fraction of sp³-hybridized carbons (Fsp3) is 0.750. The average molecular weight is 224 g/mol. The molecule has 1 fully saturated rings. The molecule has 1 N–H and O–H groups in total. The molecule has 0 radical (unpaired) electrons. The first-order valence-corrected chi connectivity index (χ1v) is 6.04. The molecule has 0 spiro atoms. The first kappa shape index (κ1) is 11.6. The van der Waals surface area contributed by atoms with Crippen LogP contribution in [0.15, 0.2) is 10.6 Å². The summed E-state index contributed by atoms with van der Waals surface area (Å²) < 4.78 is 10.6. The van der Waals surface area contributed by atoms with Crippen molar-refractivity contribution in [2.45, 2.75) is 38.1 Å². The predicted molar refractivity (Wildman–Crippen MR) is 61.4 cm³/mol. The third-order valence-corrected chi connectivity index (χ3v) is 2.72. The van der Waals surface area contributed by atoms with Crippen LogP contribution < -0.4 is 5.32 Å². The second-order valence-electron chi connectivity index (χ2n) is 4.30. The minimum Gasteiger partial charge on any atom is -0.446 e. The van der Waals surface area contributed by atoms with Crippen molar-refractivity contribution in [1.82, 2.24) is 10.3 Å². The molecule has 1 aliphatic rings. The van der Waals surface area contributed by atoms with E-state index in [1.54, 1.807) is 7.11 Å². The number of hydrogen-bond donors (Lipinski definition) is 1. The van der Waals surface area contributed by atoms with Crippen LogP contribution in [-0.4, -0.2) is 31.3 Å². The van der Waals surface area contributed by atoms with Crippen LogP contribution in [0.2, 0.25) is 0 Å². The van der Waals surface area contributed by atoms with Gasteiger partial charge in [-0.3, -0.25) is 0 Å². The predicted octanol–water partition coefficient (Wildman–Crippen LogP) is 1.55. The number of nitrogens with zero attached hydrogens (tertiary/aromatic N) is 1. The van der Waals surface area contributed by atoms with E-state index in [0.717, 1.165) is 50.1 Å². The Morgan fingerprint density at radius 2 is 2.38 bits per heavy atom. The number of ether oxygens (including phenoxy) is 1. The summed E-state index contributed by atoms with van der Waals surface area (Å²) in [7, 11) is 1.72. The summed E-state index contributed by atoms with van der Waals surface area (Å²) in [5, 5.41) is 3.45. The average Bonchev–Trinajstić information content (AvgIpc) is 2.99. The smallest absolute Gasteiger partial charge is 0.195 e. The van der Waals surface area contributed by atoms with Crippen molar-refractivity contribution in [3.63, 3.8) is 0 Å². The summed E-state index contributed by atoms with van der Waals surface area (Å²) in [6.07, 6.45) is 7.28. The lowest BCUT2D eigenvalue weighted by Crippen LogP contribution is -2.19. The second-order valence-corrected chi connectivity index (χ2v) is 4.30. The highest BCUT2D eigenvalue weighted by Gasteiger charge is 2.19. The lowest BCUT2D eigenvalue weighted by molar-refractivity contribution is 0.193. The highest BCUT2D eigenvalue weighted by atomic mass is 16.5. The summed E-state index contributed by atoms with van der Waals surface area (Å²) in [6.45, 7) is 1.75. The van der Waals surface area contributed by atoms with Gasteiger partial charge in [-0.2, -0.15) is 0 Å². The van der Waals surface area contributed by atoms with E-state index in [4.69, 9.17) is 9.15 Å². The van der Waals surface area contributed by atoms with Gasteiger partial charge < -0.3 is 14.5 Å². The molecule has 1 heterocycles. The molecule has 1 aliphatic carbocycles. The normalized spacial score (nSPS) is 15.6. The van der Waals surface area contributed by atoms with Crippen LogP contribution in [0.1, 0.15) is 30.9 Å². The topological polar surface area (TPSA) is 47.3 Å². The minimum atomic E-state index is 0.760. The van der Waals surface area contributed by atoms with Crippen LogP contribution in [0.25, 0.3) is 0 Å². The number of aryl methyl sites for hydroxylation is 1. The zero-order chi connectivity index (χ0) is 11.2. The van der Waals surface area contributed by atoms with Gasteiger partial charge in [-0.05, 0) is 19.3 Å². The second kappa shape index (κ2) is 6.01. The zero-order valence-electron chi connectivity index (χ0n) is 9.87. The van der Waals surface area contributed by atoms with Gasteiger partial charge in [-0.15, -0.1) is 0 Å². The molecule has 0 atom stereocenters. The summed E-state index contributed by atoms with van der Waals surface area (Å²) in [4.78, 5) is 4.26. The molecule has 1 aromatic rings.